The maximum absolute atomic E-state index is 12.0. The summed E-state index contributed by atoms with van der Waals surface area (Å²) in [6.07, 6.45) is 1.67. The summed E-state index contributed by atoms with van der Waals surface area (Å²) in [5.74, 6) is 0.482. The molecule has 0 aliphatic heterocycles. The van der Waals surface area contributed by atoms with Gasteiger partial charge in [-0.25, -0.2) is 9.97 Å². The fourth-order valence-corrected chi connectivity index (χ4v) is 1.76. The van der Waals surface area contributed by atoms with Gasteiger partial charge in [0, 0.05) is 11.9 Å². The summed E-state index contributed by atoms with van der Waals surface area (Å²) in [5, 5.41) is 2.79. The van der Waals surface area contributed by atoms with Crippen molar-refractivity contribution < 1.29 is 4.79 Å². The highest BCUT2D eigenvalue weighted by molar-refractivity contribution is 5.99. The van der Waals surface area contributed by atoms with E-state index in [4.69, 9.17) is 5.73 Å². The van der Waals surface area contributed by atoms with Crippen LogP contribution in [0.2, 0.25) is 0 Å². The molecule has 5 heteroatoms. The van der Waals surface area contributed by atoms with Crippen LogP contribution < -0.4 is 11.1 Å². The molecule has 3 N–H and O–H groups in total. The van der Waals surface area contributed by atoms with Crippen LogP contribution in [0.15, 0.2) is 30.5 Å². The second kappa shape index (κ2) is 5.48. The predicted molar refractivity (Wildman–Crippen MR) is 73.5 cm³/mol. The van der Waals surface area contributed by atoms with Gasteiger partial charge in [0.05, 0.1) is 17.8 Å². The Bertz CT molecular complexity index is 610. The van der Waals surface area contributed by atoms with Gasteiger partial charge in [0.25, 0.3) is 5.91 Å². The Balaban J connectivity index is 2.05. The number of rotatable bonds is 3. The number of aryl methyl sites for hydroxylation is 2. The molecule has 0 spiro atoms. The Kier molecular flexibility index (Phi) is 3.75. The van der Waals surface area contributed by atoms with Crippen molar-refractivity contribution in [2.45, 2.75) is 20.4 Å². The van der Waals surface area contributed by atoms with Gasteiger partial charge in [-0.05, 0) is 37.6 Å². The van der Waals surface area contributed by atoms with Crippen LogP contribution in [-0.4, -0.2) is 15.9 Å². The number of nitrogen functional groups attached to an aromatic ring is 1. The van der Waals surface area contributed by atoms with Crippen molar-refractivity contribution in [3.05, 3.63) is 53.1 Å². The number of carbonyl (C=O) groups excluding carboxylic acids is 1. The number of carbonyl (C=O) groups is 1. The number of nitrogens with two attached hydrogens (primary N) is 1. The van der Waals surface area contributed by atoms with Crippen LogP contribution in [0.3, 0.4) is 0 Å². The Labute approximate surface area is 111 Å². The fourth-order valence-electron chi connectivity index (χ4n) is 1.76. The molecule has 19 heavy (non-hydrogen) atoms. The molecule has 2 aromatic rings. The van der Waals surface area contributed by atoms with E-state index in [1.807, 2.05) is 19.9 Å². The number of aromatic nitrogens is 2. The van der Waals surface area contributed by atoms with Crippen LogP contribution in [0.5, 0.6) is 0 Å². The van der Waals surface area contributed by atoms with Gasteiger partial charge in [0.2, 0.25) is 0 Å². The third-order valence-electron chi connectivity index (χ3n) is 2.72. The minimum atomic E-state index is -0.200. The van der Waals surface area contributed by atoms with E-state index in [2.05, 4.69) is 15.3 Å². The van der Waals surface area contributed by atoms with Crippen LogP contribution >= 0.6 is 0 Å². The molecule has 1 heterocycles. The summed E-state index contributed by atoms with van der Waals surface area (Å²) in [5.41, 5.74) is 8.59. The van der Waals surface area contributed by atoms with Gasteiger partial charge in [0.15, 0.2) is 0 Å². The van der Waals surface area contributed by atoms with E-state index in [1.165, 1.54) is 0 Å². The van der Waals surface area contributed by atoms with Crippen LogP contribution in [0.25, 0.3) is 0 Å². The lowest BCUT2D eigenvalue weighted by Gasteiger charge is -2.08. The zero-order valence-corrected chi connectivity index (χ0v) is 11.0. The molecule has 1 aromatic heterocycles. The molecule has 98 valence electrons. The SMILES string of the molecule is Cc1ccc(C(=O)NCc2ccnc(C)n2)c(N)c1. The molecule has 0 saturated carbocycles. The summed E-state index contributed by atoms with van der Waals surface area (Å²) in [6.45, 7) is 4.10. The number of amides is 1. The minimum Gasteiger partial charge on any atom is -0.398 e. The Morgan fingerprint density at radius 1 is 1.32 bits per heavy atom. The standard InChI is InChI=1S/C14H16N4O/c1-9-3-4-12(13(15)7-9)14(19)17-8-11-5-6-16-10(2)18-11/h3-7H,8,15H2,1-2H3,(H,17,19). The molecular weight excluding hydrogens is 240 g/mol. The molecule has 0 radical (unpaired) electrons. The fraction of sp³-hybridized carbons (Fsp3) is 0.214. The topological polar surface area (TPSA) is 80.9 Å². The quantitative estimate of drug-likeness (QED) is 0.817. The number of benzene rings is 1. The van der Waals surface area contributed by atoms with E-state index in [0.717, 1.165) is 11.3 Å². The van der Waals surface area contributed by atoms with Crippen molar-refractivity contribution in [2.75, 3.05) is 5.73 Å². The van der Waals surface area contributed by atoms with Gasteiger partial charge in [-0.2, -0.15) is 0 Å². The molecule has 1 aromatic carbocycles. The highest BCUT2D eigenvalue weighted by Crippen LogP contribution is 2.13. The van der Waals surface area contributed by atoms with Gasteiger partial charge < -0.3 is 11.1 Å². The third-order valence-corrected chi connectivity index (χ3v) is 2.72. The molecular formula is C14H16N4O. The van der Waals surface area contributed by atoms with Gasteiger partial charge in [-0.1, -0.05) is 6.07 Å². The number of anilines is 1. The maximum atomic E-state index is 12.0. The second-order valence-corrected chi connectivity index (χ2v) is 4.37. The number of hydrogen-bond donors (Lipinski definition) is 2. The monoisotopic (exact) mass is 256 g/mol. The van der Waals surface area contributed by atoms with Crippen molar-refractivity contribution >= 4 is 11.6 Å². The molecule has 0 unspecified atom stereocenters. The normalized spacial score (nSPS) is 10.2. The molecule has 0 fully saturated rings. The molecule has 0 atom stereocenters. The first-order valence-electron chi connectivity index (χ1n) is 5.99. The maximum Gasteiger partial charge on any atom is 0.253 e. The first-order chi connectivity index (χ1) is 9.06. The Morgan fingerprint density at radius 3 is 2.79 bits per heavy atom. The average molecular weight is 256 g/mol. The van der Waals surface area contributed by atoms with Gasteiger partial charge in [-0.3, -0.25) is 4.79 Å². The lowest BCUT2D eigenvalue weighted by molar-refractivity contribution is 0.0951. The van der Waals surface area contributed by atoms with E-state index in [-0.39, 0.29) is 5.91 Å². The van der Waals surface area contributed by atoms with Crippen LogP contribution in [-0.2, 0) is 6.54 Å². The molecule has 0 bridgehead atoms. The van der Waals surface area contributed by atoms with Crippen molar-refractivity contribution in [1.82, 2.24) is 15.3 Å². The van der Waals surface area contributed by atoms with E-state index >= 15 is 0 Å². The average Bonchev–Trinajstić information content (AvgIpc) is 2.36. The largest absolute Gasteiger partial charge is 0.398 e. The summed E-state index contributed by atoms with van der Waals surface area (Å²) in [7, 11) is 0. The van der Waals surface area contributed by atoms with Gasteiger partial charge >= 0.3 is 0 Å². The van der Waals surface area contributed by atoms with Crippen LogP contribution in [0, 0.1) is 13.8 Å². The van der Waals surface area contributed by atoms with Gasteiger partial charge in [-0.15, -0.1) is 0 Å². The first-order valence-corrected chi connectivity index (χ1v) is 5.99. The number of hydrogen-bond acceptors (Lipinski definition) is 4. The van der Waals surface area contributed by atoms with E-state index in [1.54, 1.807) is 24.4 Å². The summed E-state index contributed by atoms with van der Waals surface area (Å²) < 4.78 is 0. The summed E-state index contributed by atoms with van der Waals surface area (Å²) in [4.78, 5) is 20.2. The highest BCUT2D eigenvalue weighted by Gasteiger charge is 2.09. The zero-order valence-electron chi connectivity index (χ0n) is 11.0. The lowest BCUT2D eigenvalue weighted by atomic mass is 10.1. The molecule has 0 aliphatic carbocycles. The smallest absolute Gasteiger partial charge is 0.253 e. The highest BCUT2D eigenvalue weighted by atomic mass is 16.1. The Hall–Kier alpha value is -2.43. The summed E-state index contributed by atoms with van der Waals surface area (Å²) in [6, 6.07) is 7.14. The van der Waals surface area contributed by atoms with Crippen molar-refractivity contribution in [2.24, 2.45) is 0 Å². The Morgan fingerprint density at radius 2 is 2.11 bits per heavy atom. The number of nitrogens with one attached hydrogen (secondary N) is 1. The number of nitrogens with zero attached hydrogens (tertiary/aromatic N) is 2. The zero-order chi connectivity index (χ0) is 13.8. The van der Waals surface area contributed by atoms with Crippen molar-refractivity contribution in [3.63, 3.8) is 0 Å². The van der Waals surface area contributed by atoms with Crippen LogP contribution in [0.4, 0.5) is 5.69 Å². The van der Waals surface area contributed by atoms with E-state index in [9.17, 15) is 4.79 Å². The predicted octanol–water partition coefficient (Wildman–Crippen LogP) is 1.61. The minimum absolute atomic E-state index is 0.200. The van der Waals surface area contributed by atoms with E-state index in [0.29, 0.717) is 23.6 Å². The first kappa shape index (κ1) is 13.0. The van der Waals surface area contributed by atoms with Crippen molar-refractivity contribution in [1.29, 1.82) is 0 Å². The molecule has 0 saturated heterocycles. The van der Waals surface area contributed by atoms with E-state index < -0.39 is 0 Å². The molecule has 1 amide bonds. The molecule has 0 aliphatic rings. The van der Waals surface area contributed by atoms with Crippen LogP contribution in [0.1, 0.15) is 27.4 Å². The lowest BCUT2D eigenvalue weighted by Crippen LogP contribution is -2.24. The molecule has 5 nitrogen and oxygen atoms in total. The van der Waals surface area contributed by atoms with Gasteiger partial charge in [0.1, 0.15) is 5.82 Å². The summed E-state index contributed by atoms with van der Waals surface area (Å²) >= 11 is 0. The van der Waals surface area contributed by atoms with Crippen molar-refractivity contribution in [3.8, 4) is 0 Å². The second-order valence-electron chi connectivity index (χ2n) is 4.37. The molecule has 2 rings (SSSR count). The third kappa shape index (κ3) is 3.28.